The van der Waals surface area contributed by atoms with Gasteiger partial charge in [0.1, 0.15) is 5.52 Å². The number of allylic oxidation sites excluding steroid dienone is 1. The molecule has 2 aliphatic heterocycles. The molecule has 1 spiro atoms. The van der Waals surface area contributed by atoms with Gasteiger partial charge in [-0.25, -0.2) is 4.99 Å². The number of hydrogen-bond acceptors (Lipinski definition) is 7. The average Bonchev–Trinajstić information content (AvgIpc) is 3.22. The first-order valence-electron chi connectivity index (χ1n) is 12.4. The highest BCUT2D eigenvalue weighted by Crippen LogP contribution is 2.46. The first-order valence-corrected chi connectivity index (χ1v) is 12.4. The van der Waals surface area contributed by atoms with Gasteiger partial charge in [0, 0.05) is 37.3 Å². The van der Waals surface area contributed by atoms with Crippen molar-refractivity contribution in [1.82, 2.24) is 15.2 Å². The summed E-state index contributed by atoms with van der Waals surface area (Å²) in [6.45, 7) is 7.01. The Morgan fingerprint density at radius 1 is 1.03 bits per heavy atom. The standard InChI is InChI=1S/C28H31N5O2/c1-27(2)16-21-24(22(34)17-27)28(12-14-33(15-13-28)18-19-8-4-3-5-9-19)32-25(29-21)31-26-30-20-10-6-7-11-23(20)35-26/h3-11H,12-18H2,1-2H3,(H2,29,30,31,32). The number of guanidine groups is 1. The summed E-state index contributed by atoms with van der Waals surface area (Å²) in [5.74, 6) is 0.835. The molecule has 3 heterocycles. The minimum absolute atomic E-state index is 0.0851. The van der Waals surface area contributed by atoms with E-state index in [9.17, 15) is 4.79 Å². The van der Waals surface area contributed by atoms with Gasteiger partial charge in [-0.1, -0.05) is 56.3 Å². The van der Waals surface area contributed by atoms with Crippen LogP contribution in [0.3, 0.4) is 0 Å². The monoisotopic (exact) mass is 469 g/mol. The summed E-state index contributed by atoms with van der Waals surface area (Å²) in [6, 6.07) is 18.7. The minimum Gasteiger partial charge on any atom is -0.423 e. The van der Waals surface area contributed by atoms with E-state index in [-0.39, 0.29) is 11.2 Å². The molecule has 1 aromatic heterocycles. The first-order chi connectivity index (χ1) is 16.9. The number of fused-ring (bicyclic) bond motifs is 2. The predicted octanol–water partition coefficient (Wildman–Crippen LogP) is 4.88. The second-order valence-corrected chi connectivity index (χ2v) is 10.8. The third-order valence-corrected chi connectivity index (χ3v) is 7.39. The van der Waals surface area contributed by atoms with Crippen LogP contribution in [0.25, 0.3) is 11.1 Å². The van der Waals surface area contributed by atoms with Crippen LogP contribution in [0.1, 0.15) is 45.1 Å². The summed E-state index contributed by atoms with van der Waals surface area (Å²) < 4.78 is 5.89. The van der Waals surface area contributed by atoms with E-state index < -0.39 is 5.54 Å². The lowest BCUT2D eigenvalue weighted by Gasteiger charge is -2.46. The van der Waals surface area contributed by atoms with Crippen molar-refractivity contribution >= 4 is 28.9 Å². The first kappa shape index (κ1) is 22.0. The number of carbonyl (C=O) groups excluding carboxylic acids is 1. The van der Waals surface area contributed by atoms with Crippen molar-refractivity contribution in [3.63, 3.8) is 0 Å². The third kappa shape index (κ3) is 4.25. The van der Waals surface area contributed by atoms with E-state index in [0.29, 0.717) is 18.4 Å². The van der Waals surface area contributed by atoms with Crippen LogP contribution in [0.2, 0.25) is 0 Å². The zero-order valence-electron chi connectivity index (χ0n) is 20.3. The van der Waals surface area contributed by atoms with E-state index in [1.807, 2.05) is 30.3 Å². The number of nitrogens with one attached hydrogen (secondary N) is 2. The molecule has 0 radical (unpaired) electrons. The Labute approximate surface area is 205 Å². The maximum absolute atomic E-state index is 13.4. The quantitative estimate of drug-likeness (QED) is 0.569. The Morgan fingerprint density at radius 2 is 1.77 bits per heavy atom. The molecule has 1 fully saturated rings. The van der Waals surface area contributed by atoms with Crippen LogP contribution in [0, 0.1) is 5.41 Å². The number of para-hydroxylation sites is 2. The van der Waals surface area contributed by atoms with E-state index in [1.54, 1.807) is 0 Å². The van der Waals surface area contributed by atoms with Crippen LogP contribution in [-0.2, 0) is 11.3 Å². The van der Waals surface area contributed by atoms with E-state index in [2.05, 4.69) is 58.6 Å². The average molecular weight is 470 g/mol. The number of aromatic nitrogens is 1. The number of anilines is 1. The molecule has 1 saturated heterocycles. The molecule has 0 atom stereocenters. The van der Waals surface area contributed by atoms with Gasteiger partial charge in [0.05, 0.1) is 5.54 Å². The van der Waals surface area contributed by atoms with E-state index in [4.69, 9.17) is 9.41 Å². The van der Waals surface area contributed by atoms with Crippen LogP contribution >= 0.6 is 0 Å². The number of oxazole rings is 1. The molecule has 6 rings (SSSR count). The summed E-state index contributed by atoms with van der Waals surface area (Å²) in [6.07, 6.45) is 3.00. The van der Waals surface area contributed by atoms with E-state index in [0.717, 1.165) is 61.3 Å². The molecule has 0 bridgehead atoms. The number of piperidine rings is 1. The summed E-state index contributed by atoms with van der Waals surface area (Å²) in [4.78, 5) is 25.6. The van der Waals surface area contributed by atoms with E-state index >= 15 is 0 Å². The number of benzene rings is 2. The van der Waals surface area contributed by atoms with Gasteiger partial charge in [0.15, 0.2) is 11.4 Å². The zero-order valence-corrected chi connectivity index (χ0v) is 20.3. The molecule has 7 nitrogen and oxygen atoms in total. The van der Waals surface area contributed by atoms with E-state index in [1.165, 1.54) is 5.56 Å². The molecule has 0 unspecified atom stereocenters. The van der Waals surface area contributed by atoms with Gasteiger partial charge < -0.3 is 9.73 Å². The smallest absolute Gasteiger partial charge is 0.302 e. The summed E-state index contributed by atoms with van der Waals surface area (Å²) >= 11 is 0. The van der Waals surface area contributed by atoms with Crippen LogP contribution < -0.4 is 10.6 Å². The van der Waals surface area contributed by atoms with Crippen molar-refractivity contribution in [2.24, 2.45) is 10.4 Å². The highest BCUT2D eigenvalue weighted by Gasteiger charge is 2.48. The van der Waals surface area contributed by atoms with Crippen LogP contribution in [0.4, 0.5) is 6.01 Å². The van der Waals surface area contributed by atoms with Crippen molar-refractivity contribution < 1.29 is 9.21 Å². The SMILES string of the molecule is CC1(C)CC(=O)C2=C(C1)NC(Nc1nc3ccccc3o1)=NC21CCN(Cc2ccccc2)CC1. The number of nitrogens with zero attached hydrogens (tertiary/aromatic N) is 3. The summed E-state index contributed by atoms with van der Waals surface area (Å²) in [5.41, 5.74) is 4.11. The highest BCUT2D eigenvalue weighted by atomic mass is 16.4. The van der Waals surface area contributed by atoms with Gasteiger partial charge in [-0.15, -0.1) is 0 Å². The Balaban J connectivity index is 1.30. The lowest BCUT2D eigenvalue weighted by atomic mass is 9.68. The van der Waals surface area contributed by atoms with Crippen molar-refractivity contribution in [1.29, 1.82) is 0 Å². The molecule has 180 valence electrons. The topological polar surface area (TPSA) is 82.8 Å². The molecule has 35 heavy (non-hydrogen) atoms. The van der Waals surface area contributed by atoms with Crippen LogP contribution in [0.15, 0.2) is 75.3 Å². The molecule has 0 saturated carbocycles. The maximum Gasteiger partial charge on any atom is 0.302 e. The third-order valence-electron chi connectivity index (χ3n) is 7.39. The lowest BCUT2D eigenvalue weighted by Crippen LogP contribution is -2.53. The van der Waals surface area contributed by atoms with Gasteiger partial charge in [-0.3, -0.25) is 15.0 Å². The van der Waals surface area contributed by atoms with Crippen molar-refractivity contribution in [3.05, 3.63) is 71.4 Å². The van der Waals surface area contributed by atoms with Gasteiger partial charge in [-0.05, 0) is 42.4 Å². The Bertz CT molecular complexity index is 1300. The number of hydrogen-bond donors (Lipinski definition) is 2. The number of Topliss-reactive ketones (excluding diaryl/α,β-unsaturated/α-hetero) is 1. The fourth-order valence-electron chi connectivity index (χ4n) is 5.78. The van der Waals surface area contributed by atoms with Gasteiger partial charge in [0.25, 0.3) is 0 Å². The molecule has 2 aromatic carbocycles. The lowest BCUT2D eigenvalue weighted by molar-refractivity contribution is -0.119. The van der Waals surface area contributed by atoms with Crippen LogP contribution in [-0.4, -0.2) is 40.3 Å². The number of likely N-dealkylation sites (tertiary alicyclic amines) is 1. The fraction of sp³-hybridized carbons (Fsp3) is 0.393. The number of ketones is 1. The minimum atomic E-state index is -0.518. The summed E-state index contributed by atoms with van der Waals surface area (Å²) in [7, 11) is 0. The molecule has 0 amide bonds. The Morgan fingerprint density at radius 3 is 2.54 bits per heavy atom. The van der Waals surface area contributed by atoms with Crippen LogP contribution in [0.5, 0.6) is 0 Å². The fourth-order valence-corrected chi connectivity index (χ4v) is 5.78. The molecule has 2 N–H and O–H groups in total. The molecule has 3 aliphatic rings. The highest BCUT2D eigenvalue weighted by molar-refractivity contribution is 6.04. The molecule has 3 aromatic rings. The normalized spacial score (nSPS) is 21.5. The van der Waals surface area contributed by atoms with Crippen molar-refractivity contribution in [3.8, 4) is 0 Å². The largest absolute Gasteiger partial charge is 0.423 e. The second-order valence-electron chi connectivity index (χ2n) is 10.8. The maximum atomic E-state index is 13.4. The Hall–Kier alpha value is -3.45. The van der Waals surface area contributed by atoms with Gasteiger partial charge in [-0.2, -0.15) is 4.98 Å². The number of carbonyl (C=O) groups is 1. The van der Waals surface area contributed by atoms with Gasteiger partial charge in [0.2, 0.25) is 5.96 Å². The van der Waals surface area contributed by atoms with Crippen molar-refractivity contribution in [2.45, 2.75) is 51.6 Å². The molecule has 7 heteroatoms. The van der Waals surface area contributed by atoms with Crippen molar-refractivity contribution in [2.75, 3.05) is 18.4 Å². The second kappa shape index (κ2) is 8.34. The molecule has 1 aliphatic carbocycles. The zero-order chi connectivity index (χ0) is 24.0. The summed E-state index contributed by atoms with van der Waals surface area (Å²) in [5, 5.41) is 6.71. The number of aliphatic imine (C=N–C) groups is 1. The predicted molar refractivity (Wildman–Crippen MR) is 137 cm³/mol. The molecular formula is C28H31N5O2. The molecular weight excluding hydrogens is 438 g/mol. The Kier molecular flexibility index (Phi) is 5.25. The van der Waals surface area contributed by atoms with Gasteiger partial charge >= 0.3 is 6.01 Å². The number of rotatable bonds is 3.